The number of carbonyl (C=O) groups excluding carboxylic acids is 1. The highest BCUT2D eigenvalue weighted by Crippen LogP contribution is 2.22. The van der Waals surface area contributed by atoms with Gasteiger partial charge in [-0.1, -0.05) is 57.2 Å². The number of anilines is 1. The number of rotatable bonds is 6. The molecule has 3 rings (SSSR count). The normalized spacial score (nSPS) is 14.4. The summed E-state index contributed by atoms with van der Waals surface area (Å²) < 4.78 is 0. The lowest BCUT2D eigenvalue weighted by molar-refractivity contribution is -0.120. The molecule has 6 nitrogen and oxygen atoms in total. The minimum atomic E-state index is 0. The molecular formula is C25H36IN5O. The first-order chi connectivity index (χ1) is 14.8. The number of aliphatic imine (C=N–C) groups is 1. The van der Waals surface area contributed by atoms with E-state index >= 15 is 0 Å². The molecule has 32 heavy (non-hydrogen) atoms. The van der Waals surface area contributed by atoms with E-state index in [0.29, 0.717) is 19.6 Å². The van der Waals surface area contributed by atoms with Crippen LogP contribution in [0.25, 0.3) is 0 Å². The highest BCUT2D eigenvalue weighted by atomic mass is 127. The Morgan fingerprint density at radius 2 is 1.69 bits per heavy atom. The fourth-order valence-corrected chi connectivity index (χ4v) is 3.59. The van der Waals surface area contributed by atoms with Crippen molar-refractivity contribution in [2.45, 2.75) is 39.2 Å². The third-order valence-electron chi connectivity index (χ3n) is 5.55. The number of nitrogens with zero attached hydrogens (tertiary/aromatic N) is 2. The van der Waals surface area contributed by atoms with Crippen LogP contribution in [0.15, 0.2) is 53.5 Å². The molecule has 0 spiro atoms. The minimum absolute atomic E-state index is 0. The first kappa shape index (κ1) is 26.0. The first-order valence-electron chi connectivity index (χ1n) is 11.0. The third-order valence-corrected chi connectivity index (χ3v) is 5.55. The van der Waals surface area contributed by atoms with Crippen molar-refractivity contribution in [3.63, 3.8) is 0 Å². The van der Waals surface area contributed by atoms with Crippen molar-refractivity contribution < 1.29 is 4.79 Å². The molecule has 0 atom stereocenters. The zero-order valence-electron chi connectivity index (χ0n) is 19.6. The quantitative estimate of drug-likeness (QED) is 0.294. The summed E-state index contributed by atoms with van der Waals surface area (Å²) in [5, 5.41) is 9.61. The number of amides is 1. The van der Waals surface area contributed by atoms with Gasteiger partial charge in [0.25, 0.3) is 0 Å². The second-order valence-corrected chi connectivity index (χ2v) is 8.99. The summed E-state index contributed by atoms with van der Waals surface area (Å²) in [7, 11) is 1.79. The summed E-state index contributed by atoms with van der Waals surface area (Å²) in [6.07, 6.45) is 0.948. The molecule has 1 heterocycles. The van der Waals surface area contributed by atoms with Gasteiger partial charge in [0.2, 0.25) is 5.91 Å². The standard InChI is InChI=1S/C25H35N5O.HI/c1-25(2,3)21-9-5-19(6-10-21)13-14-28-24(26-4)29-17-20-7-11-22(12-8-20)30-16-15-27-23(31)18-30;/h5-12H,13-18H2,1-4H3,(H,27,31)(H2,26,28,29);1H. The molecule has 0 radical (unpaired) electrons. The number of hydrogen-bond donors (Lipinski definition) is 3. The highest BCUT2D eigenvalue weighted by Gasteiger charge is 2.16. The second kappa shape index (κ2) is 12.1. The van der Waals surface area contributed by atoms with Gasteiger partial charge >= 0.3 is 0 Å². The number of nitrogens with one attached hydrogen (secondary N) is 3. The van der Waals surface area contributed by atoms with E-state index in [4.69, 9.17) is 0 Å². The summed E-state index contributed by atoms with van der Waals surface area (Å²) in [5.74, 6) is 0.875. The molecule has 1 aliphatic rings. The SMILES string of the molecule is CN=C(NCCc1ccc(C(C)(C)C)cc1)NCc1ccc(N2CCNC(=O)C2)cc1.I. The fraction of sp³-hybridized carbons (Fsp3) is 0.440. The molecule has 7 heteroatoms. The zero-order valence-corrected chi connectivity index (χ0v) is 21.9. The van der Waals surface area contributed by atoms with Crippen molar-refractivity contribution in [3.05, 3.63) is 65.2 Å². The monoisotopic (exact) mass is 549 g/mol. The van der Waals surface area contributed by atoms with E-state index in [0.717, 1.165) is 31.2 Å². The van der Waals surface area contributed by atoms with Crippen LogP contribution in [0, 0.1) is 0 Å². The lowest BCUT2D eigenvalue weighted by Crippen LogP contribution is -2.47. The summed E-state index contributed by atoms with van der Waals surface area (Å²) >= 11 is 0. The maximum atomic E-state index is 11.6. The molecule has 1 fully saturated rings. The van der Waals surface area contributed by atoms with Crippen molar-refractivity contribution in [1.82, 2.24) is 16.0 Å². The summed E-state index contributed by atoms with van der Waals surface area (Å²) in [4.78, 5) is 18.0. The number of hydrogen-bond acceptors (Lipinski definition) is 3. The van der Waals surface area contributed by atoms with Crippen LogP contribution in [0.3, 0.4) is 0 Å². The molecule has 0 aromatic heterocycles. The van der Waals surface area contributed by atoms with Gasteiger partial charge in [-0.3, -0.25) is 9.79 Å². The Hall–Kier alpha value is -2.29. The molecule has 0 bridgehead atoms. The average molecular weight is 550 g/mol. The van der Waals surface area contributed by atoms with E-state index in [1.807, 2.05) is 0 Å². The molecule has 0 unspecified atom stereocenters. The van der Waals surface area contributed by atoms with Crippen molar-refractivity contribution in [2.24, 2.45) is 4.99 Å². The number of carbonyl (C=O) groups is 1. The van der Waals surface area contributed by atoms with Crippen molar-refractivity contribution in [1.29, 1.82) is 0 Å². The van der Waals surface area contributed by atoms with Crippen LogP contribution in [-0.4, -0.2) is 45.1 Å². The number of benzene rings is 2. The van der Waals surface area contributed by atoms with Gasteiger partial charge in [0.05, 0.1) is 6.54 Å². The number of piperazine rings is 1. The van der Waals surface area contributed by atoms with Gasteiger partial charge in [0.15, 0.2) is 5.96 Å². The topological polar surface area (TPSA) is 68.8 Å². The molecule has 2 aromatic carbocycles. The lowest BCUT2D eigenvalue weighted by Gasteiger charge is -2.28. The van der Waals surface area contributed by atoms with Gasteiger partial charge in [0, 0.05) is 38.9 Å². The lowest BCUT2D eigenvalue weighted by atomic mass is 9.86. The van der Waals surface area contributed by atoms with Gasteiger partial charge in [-0.05, 0) is 40.7 Å². The average Bonchev–Trinajstić information content (AvgIpc) is 2.76. The Bertz CT molecular complexity index is 888. The summed E-state index contributed by atoms with van der Waals surface area (Å²) in [6, 6.07) is 17.2. The predicted molar refractivity (Wildman–Crippen MR) is 144 cm³/mol. The van der Waals surface area contributed by atoms with Gasteiger partial charge < -0.3 is 20.9 Å². The molecule has 2 aromatic rings. The van der Waals surface area contributed by atoms with Crippen LogP contribution in [-0.2, 0) is 23.2 Å². The van der Waals surface area contributed by atoms with E-state index in [9.17, 15) is 4.79 Å². The summed E-state index contributed by atoms with van der Waals surface area (Å²) in [6.45, 7) is 10.2. The minimum Gasteiger partial charge on any atom is -0.360 e. The second-order valence-electron chi connectivity index (χ2n) is 8.99. The van der Waals surface area contributed by atoms with E-state index in [1.165, 1.54) is 16.7 Å². The number of guanidine groups is 1. The molecule has 174 valence electrons. The number of halogens is 1. The van der Waals surface area contributed by atoms with Crippen LogP contribution in [0.4, 0.5) is 5.69 Å². The molecule has 3 N–H and O–H groups in total. The Kier molecular flexibility index (Phi) is 9.81. The van der Waals surface area contributed by atoms with Crippen LogP contribution in [0.2, 0.25) is 0 Å². The molecule has 0 aliphatic carbocycles. The van der Waals surface area contributed by atoms with Crippen molar-refractivity contribution in [3.8, 4) is 0 Å². The Morgan fingerprint density at radius 3 is 2.28 bits per heavy atom. The van der Waals surface area contributed by atoms with E-state index in [1.54, 1.807) is 7.05 Å². The van der Waals surface area contributed by atoms with Crippen LogP contribution in [0.5, 0.6) is 0 Å². The first-order valence-corrected chi connectivity index (χ1v) is 11.0. The maximum Gasteiger partial charge on any atom is 0.239 e. The van der Waals surface area contributed by atoms with E-state index in [-0.39, 0.29) is 35.3 Å². The molecule has 1 saturated heterocycles. The molecule has 0 saturated carbocycles. The Labute approximate surface area is 209 Å². The predicted octanol–water partition coefficient (Wildman–Crippen LogP) is 3.45. The smallest absolute Gasteiger partial charge is 0.239 e. The molecular weight excluding hydrogens is 513 g/mol. The largest absolute Gasteiger partial charge is 0.360 e. The van der Waals surface area contributed by atoms with Crippen LogP contribution < -0.4 is 20.9 Å². The highest BCUT2D eigenvalue weighted by molar-refractivity contribution is 14.0. The van der Waals surface area contributed by atoms with Gasteiger partial charge in [0.1, 0.15) is 0 Å². The van der Waals surface area contributed by atoms with E-state index in [2.05, 4.69) is 95.1 Å². The van der Waals surface area contributed by atoms with Gasteiger partial charge in [-0.2, -0.15) is 0 Å². The van der Waals surface area contributed by atoms with Crippen LogP contribution in [0.1, 0.15) is 37.5 Å². The van der Waals surface area contributed by atoms with Crippen molar-refractivity contribution >= 4 is 41.5 Å². The fourth-order valence-electron chi connectivity index (χ4n) is 3.59. The van der Waals surface area contributed by atoms with Gasteiger partial charge in [-0.25, -0.2) is 0 Å². The molecule has 1 amide bonds. The Morgan fingerprint density at radius 1 is 1.03 bits per heavy atom. The molecule has 1 aliphatic heterocycles. The summed E-state index contributed by atoms with van der Waals surface area (Å²) in [5.41, 5.74) is 5.11. The van der Waals surface area contributed by atoms with E-state index < -0.39 is 0 Å². The third kappa shape index (κ3) is 7.69. The van der Waals surface area contributed by atoms with Crippen molar-refractivity contribution in [2.75, 3.05) is 38.1 Å². The zero-order chi connectivity index (χ0) is 22.3. The maximum absolute atomic E-state index is 11.6. The Balaban J connectivity index is 0.00000363. The van der Waals surface area contributed by atoms with Gasteiger partial charge in [-0.15, -0.1) is 24.0 Å². The van der Waals surface area contributed by atoms with Crippen LogP contribution >= 0.6 is 24.0 Å².